The summed E-state index contributed by atoms with van der Waals surface area (Å²) in [6.07, 6.45) is 1.96. The summed E-state index contributed by atoms with van der Waals surface area (Å²) in [6.45, 7) is 8.30. The van der Waals surface area contributed by atoms with Crippen molar-refractivity contribution >= 4 is 22.0 Å². The quantitative estimate of drug-likeness (QED) is 0.812. The number of carbonyl (C=O) groups excluding carboxylic acids is 1. The molecule has 0 aromatic heterocycles. The van der Waals surface area contributed by atoms with Crippen LogP contribution in [-0.2, 0) is 0 Å². The summed E-state index contributed by atoms with van der Waals surface area (Å²) in [5, 5.41) is 2.77. The van der Waals surface area contributed by atoms with Crippen LogP contribution in [0.4, 0.5) is 4.79 Å². The minimum atomic E-state index is -0.0423. The van der Waals surface area contributed by atoms with Gasteiger partial charge in [-0.1, -0.05) is 36.4 Å². The molecule has 0 aliphatic rings. The van der Waals surface area contributed by atoms with E-state index in [4.69, 9.17) is 0 Å². The Hall–Kier alpha value is -0.510. The molecule has 82 valence electrons. The number of nitrogens with zero attached hydrogens (tertiary/aromatic N) is 1. The second kappa shape index (κ2) is 6.87. The molecule has 0 radical (unpaired) electrons. The van der Waals surface area contributed by atoms with Gasteiger partial charge in [-0.3, -0.25) is 0 Å². The molecule has 1 N–H and O–H groups in total. The largest absolute Gasteiger partial charge is 0.333 e. The second-order valence-corrected chi connectivity index (χ2v) is 4.38. The Bertz CT molecular complexity index is 202. The Morgan fingerprint density at radius 1 is 1.50 bits per heavy atom. The van der Waals surface area contributed by atoms with Gasteiger partial charge in [-0.2, -0.15) is 0 Å². The maximum absolute atomic E-state index is 11.6. The van der Waals surface area contributed by atoms with Gasteiger partial charge in [0, 0.05) is 17.6 Å². The monoisotopic (exact) mass is 262 g/mol. The molecule has 0 fully saturated rings. The topological polar surface area (TPSA) is 32.3 Å². The van der Waals surface area contributed by atoms with Gasteiger partial charge in [-0.05, 0) is 12.8 Å². The van der Waals surface area contributed by atoms with Gasteiger partial charge >= 0.3 is 6.03 Å². The molecule has 2 amide bonds. The fourth-order valence-electron chi connectivity index (χ4n) is 1.30. The zero-order chi connectivity index (χ0) is 11.1. The molecule has 4 heteroatoms. The smallest absolute Gasteiger partial charge is 0.317 e. The summed E-state index contributed by atoms with van der Waals surface area (Å²) in [6, 6.07) is 0.276. The average Bonchev–Trinajstić information content (AvgIpc) is 2.15. The van der Waals surface area contributed by atoms with E-state index in [0.29, 0.717) is 12.6 Å². The maximum atomic E-state index is 11.6. The number of hydrogen-bond donors (Lipinski definition) is 1. The Balaban J connectivity index is 4.03. The maximum Gasteiger partial charge on any atom is 0.317 e. The van der Waals surface area contributed by atoms with Gasteiger partial charge in [0.2, 0.25) is 0 Å². The van der Waals surface area contributed by atoms with Crippen molar-refractivity contribution in [2.45, 2.75) is 32.7 Å². The van der Waals surface area contributed by atoms with Crippen molar-refractivity contribution in [3.8, 4) is 0 Å². The number of halogens is 1. The van der Waals surface area contributed by atoms with Crippen LogP contribution in [0.3, 0.4) is 0 Å². The number of carbonyl (C=O) groups is 1. The fourth-order valence-corrected chi connectivity index (χ4v) is 1.44. The lowest BCUT2D eigenvalue weighted by Gasteiger charge is -2.26. The predicted molar refractivity (Wildman–Crippen MR) is 63.6 cm³/mol. The molecule has 0 rings (SSSR count). The van der Waals surface area contributed by atoms with Crippen LogP contribution in [0.1, 0.15) is 26.7 Å². The van der Waals surface area contributed by atoms with Crippen LogP contribution in [-0.4, -0.2) is 30.6 Å². The van der Waals surface area contributed by atoms with Crippen molar-refractivity contribution in [1.29, 1.82) is 0 Å². The van der Waals surface area contributed by atoms with E-state index < -0.39 is 0 Å². The molecule has 0 atom stereocenters. The van der Waals surface area contributed by atoms with Crippen LogP contribution in [0.5, 0.6) is 0 Å². The first kappa shape index (κ1) is 13.5. The molecule has 0 bridgehead atoms. The van der Waals surface area contributed by atoms with Gasteiger partial charge in [0.15, 0.2) is 0 Å². The molecule has 0 heterocycles. The average molecular weight is 263 g/mol. The molecule has 14 heavy (non-hydrogen) atoms. The molecule has 0 aromatic carbocycles. The van der Waals surface area contributed by atoms with Crippen LogP contribution >= 0.6 is 15.9 Å². The summed E-state index contributed by atoms with van der Waals surface area (Å²) >= 11 is 3.20. The fraction of sp³-hybridized carbons (Fsp3) is 0.700. The Kier molecular flexibility index (Phi) is 6.62. The van der Waals surface area contributed by atoms with E-state index in [-0.39, 0.29) is 6.03 Å². The highest BCUT2D eigenvalue weighted by Crippen LogP contribution is 2.06. The standard InChI is InChI=1S/C10H19BrN2O/c1-5-9(6-2)13(4)10(14)12-7-8(3)11/h9H,3,5-7H2,1-2,4H3,(H,12,14). The number of hydrogen-bond acceptors (Lipinski definition) is 1. The highest BCUT2D eigenvalue weighted by Gasteiger charge is 2.15. The molecule has 0 saturated carbocycles. The van der Waals surface area contributed by atoms with Crippen LogP contribution in [0.25, 0.3) is 0 Å². The molecule has 0 spiro atoms. The molecular formula is C10H19BrN2O. The molecule has 0 unspecified atom stereocenters. The SMILES string of the molecule is C=C(Br)CNC(=O)N(C)C(CC)CC. The van der Waals surface area contributed by atoms with E-state index in [1.165, 1.54) is 0 Å². The highest BCUT2D eigenvalue weighted by atomic mass is 79.9. The minimum Gasteiger partial charge on any atom is -0.333 e. The van der Waals surface area contributed by atoms with Gasteiger partial charge in [-0.15, -0.1) is 0 Å². The Morgan fingerprint density at radius 3 is 2.36 bits per heavy atom. The molecule has 0 aliphatic heterocycles. The van der Waals surface area contributed by atoms with Gasteiger partial charge in [0.25, 0.3) is 0 Å². The molecular weight excluding hydrogens is 244 g/mol. The first-order valence-electron chi connectivity index (χ1n) is 4.86. The summed E-state index contributed by atoms with van der Waals surface area (Å²) in [4.78, 5) is 13.3. The van der Waals surface area contributed by atoms with Crippen LogP contribution < -0.4 is 5.32 Å². The van der Waals surface area contributed by atoms with Gasteiger partial charge in [-0.25, -0.2) is 4.79 Å². The van der Waals surface area contributed by atoms with E-state index in [1.54, 1.807) is 4.90 Å². The van der Waals surface area contributed by atoms with Gasteiger partial charge in [0.05, 0.1) is 6.54 Å². The number of urea groups is 1. The minimum absolute atomic E-state index is 0.0423. The second-order valence-electron chi connectivity index (χ2n) is 3.26. The zero-order valence-electron chi connectivity index (χ0n) is 9.14. The molecule has 0 aliphatic carbocycles. The third kappa shape index (κ3) is 4.65. The van der Waals surface area contributed by atoms with E-state index in [0.717, 1.165) is 17.3 Å². The van der Waals surface area contributed by atoms with Crippen molar-refractivity contribution in [3.63, 3.8) is 0 Å². The van der Waals surface area contributed by atoms with Crippen molar-refractivity contribution in [3.05, 3.63) is 11.1 Å². The third-order valence-electron chi connectivity index (χ3n) is 2.24. The van der Waals surface area contributed by atoms with Gasteiger partial charge < -0.3 is 10.2 Å². The third-order valence-corrected chi connectivity index (χ3v) is 2.52. The lowest BCUT2D eigenvalue weighted by molar-refractivity contribution is 0.187. The Labute approximate surface area is 94.7 Å². The Morgan fingerprint density at radius 2 is 2.00 bits per heavy atom. The van der Waals surface area contributed by atoms with Crippen molar-refractivity contribution in [2.24, 2.45) is 0 Å². The highest BCUT2D eigenvalue weighted by molar-refractivity contribution is 9.11. The lowest BCUT2D eigenvalue weighted by atomic mass is 10.1. The lowest BCUT2D eigenvalue weighted by Crippen LogP contribution is -2.43. The van der Waals surface area contributed by atoms with Crippen LogP contribution in [0, 0.1) is 0 Å². The molecule has 0 saturated heterocycles. The first-order valence-corrected chi connectivity index (χ1v) is 5.66. The van der Waals surface area contributed by atoms with Crippen molar-refractivity contribution < 1.29 is 4.79 Å². The van der Waals surface area contributed by atoms with Crippen LogP contribution in [0.2, 0.25) is 0 Å². The molecule has 3 nitrogen and oxygen atoms in total. The summed E-state index contributed by atoms with van der Waals surface area (Å²) in [5.41, 5.74) is 0. The predicted octanol–water partition coefficient (Wildman–Crippen LogP) is 2.73. The normalized spacial score (nSPS) is 10.1. The number of nitrogens with one attached hydrogen (secondary N) is 1. The van der Waals surface area contributed by atoms with Crippen molar-refractivity contribution in [2.75, 3.05) is 13.6 Å². The zero-order valence-corrected chi connectivity index (χ0v) is 10.7. The van der Waals surface area contributed by atoms with E-state index in [1.807, 2.05) is 7.05 Å². The van der Waals surface area contributed by atoms with E-state index in [9.17, 15) is 4.79 Å². The molecule has 0 aromatic rings. The number of amides is 2. The first-order chi connectivity index (χ1) is 6.52. The summed E-state index contributed by atoms with van der Waals surface area (Å²) in [5.74, 6) is 0. The van der Waals surface area contributed by atoms with E-state index >= 15 is 0 Å². The van der Waals surface area contributed by atoms with Gasteiger partial charge in [0.1, 0.15) is 0 Å². The number of rotatable bonds is 5. The summed E-state index contributed by atoms with van der Waals surface area (Å²) < 4.78 is 0.781. The van der Waals surface area contributed by atoms with Crippen LogP contribution in [0.15, 0.2) is 11.1 Å². The van der Waals surface area contributed by atoms with E-state index in [2.05, 4.69) is 41.7 Å². The summed E-state index contributed by atoms with van der Waals surface area (Å²) in [7, 11) is 1.82. The van der Waals surface area contributed by atoms with Crippen molar-refractivity contribution in [1.82, 2.24) is 10.2 Å².